The van der Waals surface area contributed by atoms with Crippen molar-refractivity contribution in [2.24, 2.45) is 7.05 Å². The third-order valence-corrected chi connectivity index (χ3v) is 2.34. The maximum Gasteiger partial charge on any atom is 0.134 e. The number of aryl methyl sites for hydroxylation is 1. The van der Waals surface area contributed by atoms with Crippen LogP contribution in [0.25, 0.3) is 0 Å². The molecule has 2 rings (SSSR count). The van der Waals surface area contributed by atoms with Crippen LogP contribution in [0.5, 0.6) is 5.75 Å². The van der Waals surface area contributed by atoms with Crippen molar-refractivity contribution >= 4 is 17.3 Å². The quantitative estimate of drug-likeness (QED) is 0.826. The number of nitrogens with two attached hydrogens (primary N) is 1. The van der Waals surface area contributed by atoms with Gasteiger partial charge in [0.2, 0.25) is 0 Å². The zero-order valence-corrected chi connectivity index (χ0v) is 9.48. The molecule has 1 heterocycles. The van der Waals surface area contributed by atoms with Crippen molar-refractivity contribution in [1.82, 2.24) is 15.0 Å². The number of rotatable bonds is 3. The molecule has 1 aromatic carbocycles. The first-order valence-electron chi connectivity index (χ1n) is 4.68. The molecule has 0 saturated heterocycles. The van der Waals surface area contributed by atoms with Crippen LogP contribution >= 0.6 is 11.6 Å². The summed E-state index contributed by atoms with van der Waals surface area (Å²) < 4.78 is 7.11. The molecular weight excluding hydrogens is 228 g/mol. The molecule has 0 radical (unpaired) electrons. The fourth-order valence-electron chi connectivity index (χ4n) is 1.22. The van der Waals surface area contributed by atoms with E-state index in [4.69, 9.17) is 22.1 Å². The highest BCUT2D eigenvalue weighted by molar-refractivity contribution is 6.33. The number of benzene rings is 1. The first-order valence-corrected chi connectivity index (χ1v) is 5.06. The molecule has 0 aliphatic heterocycles. The van der Waals surface area contributed by atoms with E-state index < -0.39 is 0 Å². The number of hydrogen-bond donors (Lipinski definition) is 1. The van der Waals surface area contributed by atoms with Crippen molar-refractivity contribution in [2.75, 3.05) is 5.73 Å². The largest absolute Gasteiger partial charge is 0.487 e. The summed E-state index contributed by atoms with van der Waals surface area (Å²) in [5, 5.41) is 8.19. The number of nitrogen functional groups attached to an aromatic ring is 1. The van der Waals surface area contributed by atoms with Gasteiger partial charge in [-0.25, -0.2) is 0 Å². The molecule has 0 amide bonds. The van der Waals surface area contributed by atoms with Crippen LogP contribution in [-0.4, -0.2) is 15.0 Å². The Kier molecular flexibility index (Phi) is 2.96. The Labute approximate surface area is 97.8 Å². The highest BCUT2D eigenvalue weighted by Crippen LogP contribution is 2.24. The lowest BCUT2D eigenvalue weighted by atomic mass is 10.3. The standard InChI is InChI=1S/C10H11ClN4O/c1-15-5-7(13-14-15)6-16-8-2-3-10(12)9(11)4-8/h2-5H,6,12H2,1H3. The number of ether oxygens (including phenoxy) is 1. The summed E-state index contributed by atoms with van der Waals surface area (Å²) in [7, 11) is 1.80. The maximum atomic E-state index is 5.86. The molecule has 0 saturated carbocycles. The highest BCUT2D eigenvalue weighted by atomic mass is 35.5. The fourth-order valence-corrected chi connectivity index (χ4v) is 1.39. The van der Waals surface area contributed by atoms with Gasteiger partial charge in [0.1, 0.15) is 18.1 Å². The maximum absolute atomic E-state index is 5.86. The molecule has 0 spiro atoms. The van der Waals surface area contributed by atoms with Gasteiger partial charge in [0.15, 0.2) is 0 Å². The summed E-state index contributed by atoms with van der Waals surface area (Å²) in [6.07, 6.45) is 1.79. The Morgan fingerprint density at radius 3 is 2.94 bits per heavy atom. The summed E-state index contributed by atoms with van der Waals surface area (Å²) in [5.74, 6) is 0.657. The second-order valence-electron chi connectivity index (χ2n) is 3.36. The van der Waals surface area contributed by atoms with Gasteiger partial charge >= 0.3 is 0 Å². The lowest BCUT2D eigenvalue weighted by Gasteiger charge is -2.05. The smallest absolute Gasteiger partial charge is 0.134 e. The summed E-state index contributed by atoms with van der Waals surface area (Å²) in [6, 6.07) is 5.14. The van der Waals surface area contributed by atoms with E-state index in [0.717, 1.165) is 5.69 Å². The zero-order valence-electron chi connectivity index (χ0n) is 8.72. The second-order valence-corrected chi connectivity index (χ2v) is 3.76. The van der Waals surface area contributed by atoms with Crippen LogP contribution < -0.4 is 10.5 Å². The summed E-state index contributed by atoms with van der Waals surface area (Å²) in [6.45, 7) is 0.355. The van der Waals surface area contributed by atoms with Crippen LogP contribution in [0.2, 0.25) is 5.02 Å². The molecule has 0 unspecified atom stereocenters. The molecule has 0 bridgehead atoms. The van der Waals surface area contributed by atoms with E-state index in [9.17, 15) is 0 Å². The molecule has 0 aliphatic rings. The third kappa shape index (κ3) is 2.43. The Bertz CT molecular complexity index is 497. The Morgan fingerprint density at radius 2 is 2.31 bits per heavy atom. The molecule has 84 valence electrons. The number of nitrogens with zero attached hydrogens (tertiary/aromatic N) is 3. The van der Waals surface area contributed by atoms with E-state index in [1.807, 2.05) is 0 Å². The van der Waals surface area contributed by atoms with Gasteiger partial charge in [-0.1, -0.05) is 16.8 Å². The first-order chi connectivity index (χ1) is 7.65. The van der Waals surface area contributed by atoms with E-state index in [0.29, 0.717) is 23.1 Å². The van der Waals surface area contributed by atoms with Crippen LogP contribution in [0, 0.1) is 0 Å². The van der Waals surface area contributed by atoms with Gasteiger partial charge in [-0.3, -0.25) is 4.68 Å². The molecule has 0 aliphatic carbocycles. The normalized spacial score (nSPS) is 10.4. The van der Waals surface area contributed by atoms with Gasteiger partial charge in [0.25, 0.3) is 0 Å². The SMILES string of the molecule is Cn1cc(COc2ccc(N)c(Cl)c2)nn1. The van der Waals surface area contributed by atoms with Crippen molar-refractivity contribution in [2.45, 2.75) is 6.61 Å². The minimum Gasteiger partial charge on any atom is -0.487 e. The summed E-state index contributed by atoms with van der Waals surface area (Å²) in [4.78, 5) is 0. The molecule has 0 fully saturated rings. The Morgan fingerprint density at radius 1 is 1.50 bits per heavy atom. The number of anilines is 1. The average Bonchev–Trinajstić information content (AvgIpc) is 2.66. The second kappa shape index (κ2) is 4.40. The topological polar surface area (TPSA) is 66.0 Å². The first kappa shape index (κ1) is 10.8. The molecule has 6 heteroatoms. The zero-order chi connectivity index (χ0) is 11.5. The Balaban J connectivity index is 2.02. The van der Waals surface area contributed by atoms with Gasteiger partial charge in [-0.2, -0.15) is 0 Å². The lowest BCUT2D eigenvalue weighted by molar-refractivity contribution is 0.301. The van der Waals surface area contributed by atoms with Gasteiger partial charge in [0, 0.05) is 13.1 Å². The van der Waals surface area contributed by atoms with Crippen molar-refractivity contribution in [1.29, 1.82) is 0 Å². The molecular formula is C10H11ClN4O. The predicted octanol–water partition coefficient (Wildman–Crippen LogP) is 1.63. The fraction of sp³-hybridized carbons (Fsp3) is 0.200. The van der Waals surface area contributed by atoms with Crippen LogP contribution in [0.3, 0.4) is 0 Å². The minimum absolute atomic E-state index is 0.355. The van der Waals surface area contributed by atoms with E-state index in [2.05, 4.69) is 10.3 Å². The van der Waals surface area contributed by atoms with Crippen LogP contribution in [-0.2, 0) is 13.7 Å². The molecule has 2 aromatic rings. The van der Waals surface area contributed by atoms with Crippen molar-refractivity contribution in [3.8, 4) is 5.75 Å². The average molecular weight is 239 g/mol. The highest BCUT2D eigenvalue weighted by Gasteiger charge is 2.02. The number of hydrogen-bond acceptors (Lipinski definition) is 4. The molecule has 2 N–H and O–H groups in total. The van der Waals surface area contributed by atoms with E-state index in [1.165, 1.54) is 0 Å². The number of aromatic nitrogens is 3. The van der Waals surface area contributed by atoms with Crippen molar-refractivity contribution < 1.29 is 4.74 Å². The summed E-state index contributed by atoms with van der Waals surface area (Å²) in [5.41, 5.74) is 6.88. The van der Waals surface area contributed by atoms with E-state index in [-0.39, 0.29) is 0 Å². The van der Waals surface area contributed by atoms with Crippen LogP contribution in [0.4, 0.5) is 5.69 Å². The third-order valence-electron chi connectivity index (χ3n) is 2.01. The van der Waals surface area contributed by atoms with Gasteiger partial charge < -0.3 is 10.5 Å². The van der Waals surface area contributed by atoms with Crippen molar-refractivity contribution in [3.05, 3.63) is 35.1 Å². The lowest BCUT2D eigenvalue weighted by Crippen LogP contribution is -1.96. The molecule has 0 atom stereocenters. The monoisotopic (exact) mass is 238 g/mol. The van der Waals surface area contributed by atoms with E-state index in [1.54, 1.807) is 36.1 Å². The Hall–Kier alpha value is -1.75. The molecule has 16 heavy (non-hydrogen) atoms. The van der Waals surface area contributed by atoms with Gasteiger partial charge in [0.05, 0.1) is 16.9 Å². The summed E-state index contributed by atoms with van der Waals surface area (Å²) >= 11 is 5.86. The van der Waals surface area contributed by atoms with Gasteiger partial charge in [-0.05, 0) is 12.1 Å². The minimum atomic E-state index is 0.355. The van der Waals surface area contributed by atoms with Crippen LogP contribution in [0.1, 0.15) is 5.69 Å². The molecule has 1 aromatic heterocycles. The van der Waals surface area contributed by atoms with Crippen LogP contribution in [0.15, 0.2) is 24.4 Å². The predicted molar refractivity (Wildman–Crippen MR) is 61.2 cm³/mol. The number of halogens is 1. The molecule has 5 nitrogen and oxygen atoms in total. The van der Waals surface area contributed by atoms with Gasteiger partial charge in [-0.15, -0.1) is 5.10 Å². The van der Waals surface area contributed by atoms with E-state index >= 15 is 0 Å². The van der Waals surface area contributed by atoms with Crippen molar-refractivity contribution in [3.63, 3.8) is 0 Å².